The number of pyridine rings is 1. The first kappa shape index (κ1) is 19.7. The Morgan fingerprint density at radius 3 is 2.62 bits per heavy atom. The number of benzene rings is 1. The monoisotopic (exact) mass is 396 g/mol. The van der Waals surface area contributed by atoms with E-state index in [9.17, 15) is 4.79 Å². The molecule has 7 nitrogen and oxygen atoms in total. The van der Waals surface area contributed by atoms with Crippen LogP contribution in [0.1, 0.15) is 23.2 Å². The van der Waals surface area contributed by atoms with Crippen molar-refractivity contribution in [1.29, 1.82) is 0 Å². The summed E-state index contributed by atoms with van der Waals surface area (Å²) in [7, 11) is 2.13. The molecule has 2 aliphatic rings. The van der Waals surface area contributed by atoms with Crippen molar-refractivity contribution in [1.82, 2.24) is 9.88 Å². The molecular weight excluding hydrogens is 368 g/mol. The quantitative estimate of drug-likeness (QED) is 0.810. The SMILES string of the molecule is CN1CCN(c2ccc(NC(=O)c3ccc(OCC4CCCO4)cc3)cn2)CC1. The molecule has 0 radical (unpaired) electrons. The highest BCUT2D eigenvalue weighted by atomic mass is 16.5. The lowest BCUT2D eigenvalue weighted by molar-refractivity contribution is 0.0679. The molecule has 2 aliphatic heterocycles. The summed E-state index contributed by atoms with van der Waals surface area (Å²) in [6.07, 6.45) is 4.03. The van der Waals surface area contributed by atoms with Crippen LogP contribution in [0.25, 0.3) is 0 Å². The summed E-state index contributed by atoms with van der Waals surface area (Å²) in [6, 6.07) is 11.0. The fourth-order valence-corrected chi connectivity index (χ4v) is 3.55. The van der Waals surface area contributed by atoms with Crippen LogP contribution in [0, 0.1) is 0 Å². The van der Waals surface area contributed by atoms with Crippen molar-refractivity contribution in [2.75, 3.05) is 56.7 Å². The van der Waals surface area contributed by atoms with Crippen molar-refractivity contribution in [3.05, 3.63) is 48.2 Å². The minimum Gasteiger partial charge on any atom is -0.491 e. The van der Waals surface area contributed by atoms with Crippen LogP contribution < -0.4 is 15.0 Å². The Balaban J connectivity index is 1.29. The molecule has 0 spiro atoms. The Bertz CT molecular complexity index is 796. The molecule has 0 bridgehead atoms. The molecule has 7 heteroatoms. The Hall–Kier alpha value is -2.64. The van der Waals surface area contributed by atoms with Gasteiger partial charge in [0.25, 0.3) is 5.91 Å². The molecule has 1 unspecified atom stereocenters. The first-order valence-electron chi connectivity index (χ1n) is 10.2. The van der Waals surface area contributed by atoms with Crippen LogP contribution in [-0.4, -0.2) is 68.3 Å². The number of nitrogens with one attached hydrogen (secondary N) is 1. The molecule has 2 fully saturated rings. The molecule has 1 aromatic carbocycles. The summed E-state index contributed by atoms with van der Waals surface area (Å²) in [5, 5.41) is 2.90. The molecule has 2 saturated heterocycles. The van der Waals surface area contributed by atoms with Gasteiger partial charge in [-0.2, -0.15) is 0 Å². The average molecular weight is 396 g/mol. The van der Waals surface area contributed by atoms with Gasteiger partial charge in [-0.25, -0.2) is 4.98 Å². The Labute approximate surface area is 171 Å². The first-order valence-corrected chi connectivity index (χ1v) is 10.2. The molecule has 4 rings (SSSR count). The third-order valence-electron chi connectivity index (χ3n) is 5.41. The highest BCUT2D eigenvalue weighted by molar-refractivity contribution is 6.04. The van der Waals surface area contributed by atoms with Crippen molar-refractivity contribution >= 4 is 17.4 Å². The summed E-state index contributed by atoms with van der Waals surface area (Å²) in [4.78, 5) is 21.6. The Morgan fingerprint density at radius 1 is 1.17 bits per heavy atom. The number of hydrogen-bond donors (Lipinski definition) is 1. The van der Waals surface area contributed by atoms with E-state index in [4.69, 9.17) is 9.47 Å². The number of anilines is 2. The molecule has 29 heavy (non-hydrogen) atoms. The van der Waals surface area contributed by atoms with Crippen molar-refractivity contribution in [2.45, 2.75) is 18.9 Å². The number of nitrogens with zero attached hydrogens (tertiary/aromatic N) is 3. The number of hydrogen-bond acceptors (Lipinski definition) is 6. The summed E-state index contributed by atoms with van der Waals surface area (Å²) in [6.45, 7) is 5.38. The van der Waals surface area contributed by atoms with Gasteiger partial charge in [0.2, 0.25) is 0 Å². The number of rotatable bonds is 6. The van der Waals surface area contributed by atoms with Crippen LogP contribution in [0.4, 0.5) is 11.5 Å². The molecule has 2 aromatic rings. The van der Waals surface area contributed by atoms with E-state index in [1.807, 2.05) is 24.3 Å². The molecule has 1 atom stereocenters. The molecule has 1 aromatic heterocycles. The van der Waals surface area contributed by atoms with Gasteiger partial charge in [0.15, 0.2) is 0 Å². The van der Waals surface area contributed by atoms with Crippen LogP contribution in [-0.2, 0) is 4.74 Å². The van der Waals surface area contributed by atoms with Gasteiger partial charge < -0.3 is 24.6 Å². The second kappa shape index (κ2) is 9.24. The van der Waals surface area contributed by atoms with Crippen molar-refractivity contribution in [2.24, 2.45) is 0 Å². The van der Waals surface area contributed by atoms with Crippen LogP contribution in [0.3, 0.4) is 0 Å². The predicted molar refractivity (Wildman–Crippen MR) is 113 cm³/mol. The molecule has 1 N–H and O–H groups in total. The van der Waals surface area contributed by atoms with E-state index in [-0.39, 0.29) is 12.0 Å². The van der Waals surface area contributed by atoms with E-state index in [1.54, 1.807) is 18.3 Å². The number of piperazine rings is 1. The first-order chi connectivity index (χ1) is 14.2. The lowest BCUT2D eigenvalue weighted by atomic mass is 10.2. The zero-order valence-electron chi connectivity index (χ0n) is 16.8. The molecule has 3 heterocycles. The normalized spacial score (nSPS) is 19.9. The zero-order valence-corrected chi connectivity index (χ0v) is 16.8. The maximum Gasteiger partial charge on any atom is 0.255 e. The standard InChI is InChI=1S/C22H28N4O3/c1-25-10-12-26(13-11-25)21-9-6-18(15-23-21)24-22(27)17-4-7-19(8-5-17)29-16-20-3-2-14-28-20/h4-9,15,20H,2-3,10-14,16H2,1H3,(H,24,27). The maximum atomic E-state index is 12.5. The number of amides is 1. The van der Waals surface area contributed by atoms with Crippen molar-refractivity contribution < 1.29 is 14.3 Å². The van der Waals surface area contributed by atoms with E-state index in [0.717, 1.165) is 57.2 Å². The second-order valence-electron chi connectivity index (χ2n) is 7.62. The lowest BCUT2D eigenvalue weighted by Gasteiger charge is -2.33. The van der Waals surface area contributed by atoms with E-state index >= 15 is 0 Å². The number of aromatic nitrogens is 1. The van der Waals surface area contributed by atoms with Crippen LogP contribution in [0.15, 0.2) is 42.6 Å². The summed E-state index contributed by atoms with van der Waals surface area (Å²) < 4.78 is 11.3. The third kappa shape index (κ3) is 5.25. The fourth-order valence-electron chi connectivity index (χ4n) is 3.55. The van der Waals surface area contributed by atoms with Gasteiger partial charge in [0.1, 0.15) is 18.2 Å². The predicted octanol–water partition coefficient (Wildman–Crippen LogP) is 2.64. The molecular formula is C22H28N4O3. The molecule has 1 amide bonds. The van der Waals surface area contributed by atoms with E-state index in [1.165, 1.54) is 0 Å². The molecule has 154 valence electrons. The fraction of sp³-hybridized carbons (Fsp3) is 0.455. The highest BCUT2D eigenvalue weighted by Gasteiger charge is 2.17. The summed E-state index contributed by atoms with van der Waals surface area (Å²) >= 11 is 0. The van der Waals surface area contributed by atoms with Gasteiger partial charge >= 0.3 is 0 Å². The number of carbonyl (C=O) groups excluding carboxylic acids is 1. The van der Waals surface area contributed by atoms with Gasteiger partial charge in [0.05, 0.1) is 18.0 Å². The summed E-state index contributed by atoms with van der Waals surface area (Å²) in [5.41, 5.74) is 1.27. The number of ether oxygens (including phenoxy) is 2. The van der Waals surface area contributed by atoms with Crippen molar-refractivity contribution in [3.8, 4) is 5.75 Å². The zero-order chi connectivity index (χ0) is 20.1. The number of carbonyl (C=O) groups is 1. The lowest BCUT2D eigenvalue weighted by Crippen LogP contribution is -2.44. The Morgan fingerprint density at radius 2 is 1.97 bits per heavy atom. The van der Waals surface area contributed by atoms with Crippen LogP contribution >= 0.6 is 0 Å². The second-order valence-corrected chi connectivity index (χ2v) is 7.62. The van der Waals surface area contributed by atoms with Crippen LogP contribution in [0.2, 0.25) is 0 Å². The topological polar surface area (TPSA) is 66.9 Å². The smallest absolute Gasteiger partial charge is 0.255 e. The van der Waals surface area contributed by atoms with Crippen molar-refractivity contribution in [3.63, 3.8) is 0 Å². The highest BCUT2D eigenvalue weighted by Crippen LogP contribution is 2.19. The largest absolute Gasteiger partial charge is 0.491 e. The maximum absolute atomic E-state index is 12.5. The van der Waals surface area contributed by atoms with Gasteiger partial charge in [-0.1, -0.05) is 0 Å². The van der Waals surface area contributed by atoms with Crippen LogP contribution in [0.5, 0.6) is 5.75 Å². The molecule has 0 aliphatic carbocycles. The average Bonchev–Trinajstić information content (AvgIpc) is 3.27. The van der Waals surface area contributed by atoms with Gasteiger partial charge in [-0.3, -0.25) is 4.79 Å². The van der Waals surface area contributed by atoms with E-state index in [2.05, 4.69) is 27.1 Å². The minimum absolute atomic E-state index is 0.162. The number of likely N-dealkylation sites (N-methyl/N-ethyl adjacent to an activating group) is 1. The Kier molecular flexibility index (Phi) is 6.27. The van der Waals surface area contributed by atoms with Gasteiger partial charge in [-0.15, -0.1) is 0 Å². The minimum atomic E-state index is -0.162. The third-order valence-corrected chi connectivity index (χ3v) is 5.41. The van der Waals surface area contributed by atoms with E-state index in [0.29, 0.717) is 17.9 Å². The van der Waals surface area contributed by atoms with Gasteiger partial charge in [0, 0.05) is 38.3 Å². The summed E-state index contributed by atoms with van der Waals surface area (Å²) in [5.74, 6) is 1.53. The molecule has 0 saturated carbocycles. The van der Waals surface area contributed by atoms with E-state index < -0.39 is 0 Å². The van der Waals surface area contributed by atoms with Gasteiger partial charge in [-0.05, 0) is 56.3 Å².